The number of amides is 3. The number of nitrogens with zero attached hydrogens (tertiary/aromatic N) is 3. The van der Waals surface area contributed by atoms with Gasteiger partial charge in [-0.25, -0.2) is 4.79 Å². The highest BCUT2D eigenvalue weighted by Gasteiger charge is 2.40. The Balaban J connectivity index is 1.24. The molecule has 1 fully saturated rings. The Kier molecular flexibility index (Phi) is 5.89. The molecule has 2 heterocycles. The zero-order valence-electron chi connectivity index (χ0n) is 22.3. The van der Waals surface area contributed by atoms with Gasteiger partial charge in [-0.15, -0.1) is 0 Å². The summed E-state index contributed by atoms with van der Waals surface area (Å²) in [5, 5.41) is 5.14. The summed E-state index contributed by atoms with van der Waals surface area (Å²) in [6.45, 7) is 2.06. The lowest BCUT2D eigenvalue weighted by atomic mass is 9.97. The fraction of sp³-hybridized carbons (Fsp3) is 0.176. The van der Waals surface area contributed by atoms with E-state index in [1.54, 1.807) is 4.90 Å². The van der Waals surface area contributed by atoms with Gasteiger partial charge >= 0.3 is 6.03 Å². The SMILES string of the molecule is Cc1ccc(C2c3cccn3-c3ccccc3N2C(=O)CN(C(=O)Nc2cccc3ccccc23)C2CC2)cc1. The van der Waals surface area contributed by atoms with Crippen LogP contribution in [0.4, 0.5) is 16.2 Å². The van der Waals surface area contributed by atoms with Gasteiger partial charge in [0.1, 0.15) is 12.6 Å². The standard InChI is InChI=1S/C34H30N4O2/c1-23-15-17-25(18-16-23)33-31-14-7-21-36(31)29-12-4-5-13-30(29)38(33)32(39)22-37(26-19-20-26)34(40)35-28-11-6-9-24-8-2-3-10-27(24)28/h2-18,21,26,33H,19-20,22H2,1H3,(H,35,40). The third-order valence-corrected chi connectivity index (χ3v) is 7.97. The van der Waals surface area contributed by atoms with Crippen LogP contribution in [-0.2, 0) is 4.79 Å². The summed E-state index contributed by atoms with van der Waals surface area (Å²) in [6, 6.07) is 33.8. The van der Waals surface area contributed by atoms with Crippen LogP contribution in [-0.4, -0.2) is 34.0 Å². The van der Waals surface area contributed by atoms with Crippen LogP contribution < -0.4 is 10.2 Å². The zero-order chi connectivity index (χ0) is 27.2. The normalized spacial score (nSPS) is 15.8. The van der Waals surface area contributed by atoms with Crippen molar-refractivity contribution in [1.82, 2.24) is 9.47 Å². The maximum Gasteiger partial charge on any atom is 0.322 e. The Morgan fingerprint density at radius 1 is 0.825 bits per heavy atom. The van der Waals surface area contributed by atoms with Crippen LogP contribution in [0.25, 0.3) is 16.5 Å². The quantitative estimate of drug-likeness (QED) is 0.266. The molecule has 1 atom stereocenters. The molecule has 1 aromatic heterocycles. The van der Waals surface area contributed by atoms with Crippen molar-refractivity contribution in [2.45, 2.75) is 31.8 Å². The van der Waals surface area contributed by atoms with Crippen LogP contribution in [0.2, 0.25) is 0 Å². The number of hydrogen-bond donors (Lipinski definition) is 1. The van der Waals surface area contributed by atoms with Gasteiger partial charge in [0.25, 0.3) is 0 Å². The number of aromatic nitrogens is 1. The summed E-state index contributed by atoms with van der Waals surface area (Å²) in [6.07, 6.45) is 3.85. The highest BCUT2D eigenvalue weighted by Crippen LogP contribution is 2.42. The molecule has 1 unspecified atom stereocenters. The van der Waals surface area contributed by atoms with Crippen molar-refractivity contribution in [3.8, 4) is 5.69 Å². The molecule has 0 saturated heterocycles. The lowest BCUT2D eigenvalue weighted by Crippen LogP contribution is -2.48. The number of nitrogens with one attached hydrogen (secondary N) is 1. The number of hydrogen-bond acceptors (Lipinski definition) is 2. The Bertz CT molecular complexity index is 1730. The van der Waals surface area contributed by atoms with E-state index in [0.717, 1.165) is 51.9 Å². The predicted molar refractivity (Wildman–Crippen MR) is 159 cm³/mol. The lowest BCUT2D eigenvalue weighted by Gasteiger charge is -2.39. The van der Waals surface area contributed by atoms with Crippen molar-refractivity contribution in [2.75, 3.05) is 16.8 Å². The van der Waals surface area contributed by atoms with Gasteiger partial charge in [-0.2, -0.15) is 0 Å². The van der Waals surface area contributed by atoms with Gasteiger partial charge in [0, 0.05) is 17.6 Å². The molecule has 6 heteroatoms. The minimum Gasteiger partial charge on any atom is -0.316 e. The molecule has 40 heavy (non-hydrogen) atoms. The third-order valence-electron chi connectivity index (χ3n) is 7.97. The molecule has 6 nitrogen and oxygen atoms in total. The average Bonchev–Trinajstić information content (AvgIpc) is 3.70. The van der Waals surface area contributed by atoms with Gasteiger partial charge in [0.15, 0.2) is 0 Å². The molecule has 3 amide bonds. The van der Waals surface area contributed by atoms with Crippen LogP contribution >= 0.6 is 0 Å². The van der Waals surface area contributed by atoms with Crippen molar-refractivity contribution in [2.24, 2.45) is 0 Å². The maximum atomic E-state index is 14.4. The van der Waals surface area contributed by atoms with Gasteiger partial charge in [-0.05, 0) is 61.0 Å². The predicted octanol–water partition coefficient (Wildman–Crippen LogP) is 7.07. The smallest absolute Gasteiger partial charge is 0.316 e. The minimum atomic E-state index is -0.305. The summed E-state index contributed by atoms with van der Waals surface area (Å²) in [5.74, 6) is -0.106. The maximum absolute atomic E-state index is 14.4. The van der Waals surface area contributed by atoms with Crippen LogP contribution in [0.1, 0.15) is 35.7 Å². The zero-order valence-corrected chi connectivity index (χ0v) is 22.3. The number of anilines is 2. The van der Waals surface area contributed by atoms with Gasteiger partial charge in [0.05, 0.1) is 22.8 Å². The van der Waals surface area contributed by atoms with Crippen molar-refractivity contribution in [3.05, 3.63) is 126 Å². The second-order valence-electron chi connectivity index (χ2n) is 10.7. The van der Waals surface area contributed by atoms with Gasteiger partial charge in [0.2, 0.25) is 5.91 Å². The molecule has 5 aromatic rings. The topological polar surface area (TPSA) is 57.6 Å². The first-order valence-corrected chi connectivity index (χ1v) is 13.8. The monoisotopic (exact) mass is 526 g/mol. The molecule has 1 aliphatic heterocycles. The van der Waals surface area contributed by atoms with E-state index < -0.39 is 0 Å². The van der Waals surface area contributed by atoms with Crippen LogP contribution in [0.3, 0.4) is 0 Å². The van der Waals surface area contributed by atoms with Gasteiger partial charge in [-0.1, -0.05) is 78.4 Å². The Morgan fingerprint density at radius 3 is 2.35 bits per heavy atom. The van der Waals surface area contributed by atoms with Crippen LogP contribution in [0, 0.1) is 6.92 Å². The van der Waals surface area contributed by atoms with Crippen molar-refractivity contribution in [3.63, 3.8) is 0 Å². The molecule has 1 N–H and O–H groups in total. The van der Waals surface area contributed by atoms with E-state index in [4.69, 9.17) is 0 Å². The van der Waals surface area contributed by atoms with E-state index in [1.165, 1.54) is 5.56 Å². The highest BCUT2D eigenvalue weighted by atomic mass is 16.2. The number of fused-ring (bicyclic) bond motifs is 4. The number of carbonyl (C=O) groups is 2. The molecule has 4 aromatic carbocycles. The Morgan fingerprint density at radius 2 is 1.55 bits per heavy atom. The summed E-state index contributed by atoms with van der Waals surface area (Å²) < 4.78 is 2.16. The molecule has 7 rings (SSSR count). The molecule has 0 bridgehead atoms. The highest BCUT2D eigenvalue weighted by molar-refractivity contribution is 6.04. The number of carbonyl (C=O) groups excluding carboxylic acids is 2. The number of urea groups is 1. The first-order valence-electron chi connectivity index (χ1n) is 13.8. The molecule has 0 radical (unpaired) electrons. The number of aryl methyl sites for hydroxylation is 1. The van der Waals surface area contributed by atoms with E-state index in [0.29, 0.717) is 0 Å². The molecular weight excluding hydrogens is 496 g/mol. The summed E-state index contributed by atoms with van der Waals surface area (Å²) in [4.78, 5) is 31.6. The molecule has 0 spiro atoms. The molecule has 2 aliphatic rings. The van der Waals surface area contributed by atoms with Crippen LogP contribution in [0.5, 0.6) is 0 Å². The van der Waals surface area contributed by atoms with E-state index in [2.05, 4.69) is 47.1 Å². The number of rotatable bonds is 5. The van der Waals surface area contributed by atoms with E-state index in [-0.39, 0.29) is 30.6 Å². The first-order chi connectivity index (χ1) is 19.6. The van der Waals surface area contributed by atoms with Crippen molar-refractivity contribution >= 4 is 34.1 Å². The van der Waals surface area contributed by atoms with Gasteiger partial charge < -0.3 is 14.8 Å². The first kappa shape index (κ1) is 24.2. The van der Waals surface area contributed by atoms with E-state index >= 15 is 0 Å². The Labute approximate surface area is 233 Å². The second kappa shape index (κ2) is 9.72. The third kappa shape index (κ3) is 4.22. The second-order valence-corrected chi connectivity index (χ2v) is 10.7. The summed E-state index contributed by atoms with van der Waals surface area (Å²) >= 11 is 0. The van der Waals surface area contributed by atoms with Crippen molar-refractivity contribution in [1.29, 1.82) is 0 Å². The molecular formula is C34H30N4O2. The van der Waals surface area contributed by atoms with Gasteiger partial charge in [-0.3, -0.25) is 9.69 Å². The molecule has 1 aliphatic carbocycles. The number of para-hydroxylation sites is 2. The minimum absolute atomic E-state index is 0.00132. The summed E-state index contributed by atoms with van der Waals surface area (Å²) in [7, 11) is 0. The fourth-order valence-electron chi connectivity index (χ4n) is 5.82. The lowest BCUT2D eigenvalue weighted by molar-refractivity contribution is -0.119. The average molecular weight is 527 g/mol. The molecule has 1 saturated carbocycles. The number of benzene rings is 4. The molecule has 198 valence electrons. The summed E-state index contributed by atoms with van der Waals surface area (Å²) in [5.41, 5.74) is 5.77. The van der Waals surface area contributed by atoms with Crippen molar-refractivity contribution < 1.29 is 9.59 Å². The fourth-order valence-corrected chi connectivity index (χ4v) is 5.82. The van der Waals surface area contributed by atoms with E-state index in [1.807, 2.05) is 83.9 Å². The van der Waals surface area contributed by atoms with E-state index in [9.17, 15) is 9.59 Å². The van der Waals surface area contributed by atoms with Crippen LogP contribution in [0.15, 0.2) is 109 Å². The Hall–Kier alpha value is -4.84. The largest absolute Gasteiger partial charge is 0.322 e.